The molecule has 4 aromatic rings. The summed E-state index contributed by atoms with van der Waals surface area (Å²) in [6.07, 6.45) is 12.9. The normalized spacial score (nSPS) is 22.7. The SMILES string of the molecule is CCN(C1CCC(n2cc3cc(NC(=O)/C(=C/N)c4ncccn4)c(OCC4CC4)cc3n2)CC1)C1CN(c2ccc3c(c2)C(=O)N(C2CCC(=O)NC2=O)C3=O)C1. The maximum Gasteiger partial charge on any atom is 0.262 e. The monoisotopic (exact) mass is 786 g/mol. The van der Waals surface area contributed by atoms with Gasteiger partial charge in [-0.25, -0.2) is 9.97 Å². The molecule has 16 heteroatoms. The Bertz CT molecular complexity index is 2330. The highest BCUT2D eigenvalue weighted by Crippen LogP contribution is 2.38. The number of hydrogen-bond donors (Lipinski definition) is 3. The number of aromatic nitrogens is 4. The van der Waals surface area contributed by atoms with Gasteiger partial charge >= 0.3 is 0 Å². The molecule has 4 fully saturated rings. The van der Waals surface area contributed by atoms with Crippen molar-refractivity contribution in [1.82, 2.24) is 34.9 Å². The van der Waals surface area contributed by atoms with Gasteiger partial charge < -0.3 is 20.7 Å². The van der Waals surface area contributed by atoms with Gasteiger partial charge in [-0.15, -0.1) is 0 Å². The average Bonchev–Trinajstić information content (AvgIpc) is 3.90. The van der Waals surface area contributed by atoms with E-state index in [0.29, 0.717) is 41.6 Å². The number of benzene rings is 2. The van der Waals surface area contributed by atoms with E-state index in [9.17, 15) is 24.0 Å². The second kappa shape index (κ2) is 15.3. The van der Waals surface area contributed by atoms with E-state index < -0.39 is 35.6 Å². The molecule has 16 nitrogen and oxygen atoms in total. The smallest absolute Gasteiger partial charge is 0.262 e. The lowest BCUT2D eigenvalue weighted by molar-refractivity contribution is -0.136. The van der Waals surface area contributed by atoms with E-state index in [1.54, 1.807) is 30.6 Å². The van der Waals surface area contributed by atoms with Crippen molar-refractivity contribution in [3.8, 4) is 5.75 Å². The molecule has 5 aliphatic rings. The van der Waals surface area contributed by atoms with E-state index in [1.165, 1.54) is 6.20 Å². The molecule has 5 heterocycles. The second-order valence-electron chi connectivity index (χ2n) is 15.9. The first-order valence-electron chi connectivity index (χ1n) is 20.2. The molecular weight excluding hydrogens is 741 g/mol. The molecule has 1 unspecified atom stereocenters. The van der Waals surface area contributed by atoms with E-state index in [1.807, 2.05) is 18.2 Å². The molecule has 2 saturated carbocycles. The number of hydrogen-bond acceptors (Lipinski definition) is 12. The minimum Gasteiger partial charge on any atom is -0.491 e. The number of carbonyl (C=O) groups excluding carboxylic acids is 5. The quantitative estimate of drug-likeness (QED) is 0.139. The van der Waals surface area contributed by atoms with Gasteiger partial charge in [-0.05, 0) is 87.7 Å². The number of imide groups is 2. The number of anilines is 2. The largest absolute Gasteiger partial charge is 0.491 e. The lowest BCUT2D eigenvalue weighted by Gasteiger charge is -2.50. The fourth-order valence-electron chi connectivity index (χ4n) is 8.85. The Hall–Kier alpha value is -6.16. The van der Waals surface area contributed by atoms with Crippen molar-refractivity contribution in [2.75, 3.05) is 36.5 Å². The Morgan fingerprint density at radius 3 is 2.43 bits per heavy atom. The number of likely N-dealkylation sites (N-methyl/N-ethyl adjacent to an activating group) is 1. The van der Waals surface area contributed by atoms with Crippen LogP contribution in [0.4, 0.5) is 11.4 Å². The van der Waals surface area contributed by atoms with Crippen LogP contribution < -0.4 is 26.0 Å². The van der Waals surface area contributed by atoms with Gasteiger partial charge in [0, 0.05) is 73.5 Å². The number of nitrogens with two attached hydrogens (primary N) is 1. The van der Waals surface area contributed by atoms with Crippen molar-refractivity contribution in [3.63, 3.8) is 0 Å². The molecule has 2 saturated heterocycles. The van der Waals surface area contributed by atoms with Crippen molar-refractivity contribution in [3.05, 3.63) is 78.1 Å². The molecule has 3 aliphatic heterocycles. The van der Waals surface area contributed by atoms with Crippen LogP contribution in [0, 0.1) is 5.92 Å². The second-order valence-corrected chi connectivity index (χ2v) is 15.9. The topological polar surface area (TPSA) is 198 Å². The Kier molecular flexibility index (Phi) is 9.87. The highest BCUT2D eigenvalue weighted by Gasteiger charge is 2.45. The van der Waals surface area contributed by atoms with Crippen LogP contribution in [-0.2, 0) is 14.4 Å². The highest BCUT2D eigenvalue weighted by molar-refractivity contribution is 6.25. The Labute approximate surface area is 334 Å². The van der Waals surface area contributed by atoms with E-state index in [4.69, 9.17) is 15.6 Å². The molecule has 1 atom stereocenters. The summed E-state index contributed by atoms with van der Waals surface area (Å²) in [4.78, 5) is 78.3. The average molecular weight is 787 g/mol. The zero-order chi connectivity index (χ0) is 40.1. The first kappa shape index (κ1) is 37.4. The van der Waals surface area contributed by atoms with Crippen molar-refractivity contribution < 1.29 is 28.7 Å². The number of rotatable bonds is 12. The summed E-state index contributed by atoms with van der Waals surface area (Å²) in [5.41, 5.74) is 8.80. The van der Waals surface area contributed by atoms with Gasteiger partial charge in [-0.2, -0.15) is 5.10 Å². The summed E-state index contributed by atoms with van der Waals surface area (Å²) in [6, 6.07) is 10.9. The maximum absolute atomic E-state index is 13.4. The summed E-state index contributed by atoms with van der Waals surface area (Å²) < 4.78 is 8.30. The van der Waals surface area contributed by atoms with Gasteiger partial charge in [-0.1, -0.05) is 6.92 Å². The zero-order valence-corrected chi connectivity index (χ0v) is 32.3. The Morgan fingerprint density at radius 1 is 0.966 bits per heavy atom. The Balaban J connectivity index is 0.832. The zero-order valence-electron chi connectivity index (χ0n) is 32.3. The number of nitrogens with one attached hydrogen (secondary N) is 2. The third-order valence-corrected chi connectivity index (χ3v) is 12.3. The summed E-state index contributed by atoms with van der Waals surface area (Å²) in [5.74, 6) is -1.11. The summed E-state index contributed by atoms with van der Waals surface area (Å²) in [7, 11) is 0. The van der Waals surface area contributed by atoms with E-state index in [-0.39, 0.29) is 35.8 Å². The van der Waals surface area contributed by atoms with Crippen molar-refractivity contribution >= 4 is 57.4 Å². The molecular formula is C42H46N10O6. The maximum atomic E-state index is 13.4. The third kappa shape index (κ3) is 7.05. The van der Waals surface area contributed by atoms with Gasteiger partial charge in [0.05, 0.1) is 40.6 Å². The Morgan fingerprint density at radius 2 is 1.72 bits per heavy atom. The van der Waals surface area contributed by atoms with Gasteiger partial charge in [0.2, 0.25) is 11.8 Å². The van der Waals surface area contributed by atoms with Crippen LogP contribution in [0.2, 0.25) is 0 Å². The van der Waals surface area contributed by atoms with Crippen LogP contribution in [-0.4, -0.2) is 103 Å². The lowest BCUT2D eigenvalue weighted by Crippen LogP contribution is -2.62. The van der Waals surface area contributed by atoms with Crippen LogP contribution in [0.5, 0.6) is 5.75 Å². The summed E-state index contributed by atoms with van der Waals surface area (Å²) >= 11 is 0. The fourth-order valence-corrected chi connectivity index (χ4v) is 8.85. The molecule has 4 N–H and O–H groups in total. The van der Waals surface area contributed by atoms with Crippen LogP contribution in [0.25, 0.3) is 16.5 Å². The minimum absolute atomic E-state index is 0.0855. The predicted molar refractivity (Wildman–Crippen MR) is 214 cm³/mol. The van der Waals surface area contributed by atoms with Gasteiger partial charge in [0.25, 0.3) is 17.7 Å². The number of piperidine rings is 1. The van der Waals surface area contributed by atoms with Crippen molar-refractivity contribution in [2.45, 2.75) is 82.5 Å². The van der Waals surface area contributed by atoms with Gasteiger partial charge in [0.1, 0.15) is 11.8 Å². The molecule has 2 aliphatic carbocycles. The molecule has 2 aromatic heterocycles. The van der Waals surface area contributed by atoms with Crippen LogP contribution in [0.1, 0.15) is 90.9 Å². The molecule has 0 radical (unpaired) electrons. The molecule has 58 heavy (non-hydrogen) atoms. The first-order chi connectivity index (χ1) is 28.2. The number of fused-ring (bicyclic) bond motifs is 2. The van der Waals surface area contributed by atoms with Gasteiger partial charge in [0.15, 0.2) is 5.82 Å². The molecule has 5 amide bonds. The molecule has 0 bridgehead atoms. The standard InChI is InChI=1S/C42H46N10O6/c1-2-50(29-21-49(22-29)28-10-11-30-31(17-28)42(57)52(41(30)56)35-12-13-37(53)47-40(35)55)26-6-8-27(9-7-26)51-20-25-16-34(36(18-33(25)48-51)58-23-24-4-5-24)46-39(54)32(19-43)38-44-14-3-15-45-38/h3,10-11,14-20,24,26-27,29,35H,2,4-9,12-13,21-23,43H2,1H3,(H,46,54)(H,47,53,55)/b32-19+. The van der Waals surface area contributed by atoms with Crippen molar-refractivity contribution in [1.29, 1.82) is 0 Å². The summed E-state index contributed by atoms with van der Waals surface area (Å²) in [5, 5.41) is 11.1. The van der Waals surface area contributed by atoms with Crippen molar-refractivity contribution in [2.24, 2.45) is 11.7 Å². The third-order valence-electron chi connectivity index (χ3n) is 12.3. The minimum atomic E-state index is -0.983. The molecule has 9 rings (SSSR count). The predicted octanol–water partition coefficient (Wildman–Crippen LogP) is 3.65. The van der Waals surface area contributed by atoms with Crippen LogP contribution >= 0.6 is 0 Å². The van der Waals surface area contributed by atoms with E-state index in [2.05, 4.69) is 48.2 Å². The van der Waals surface area contributed by atoms with Gasteiger partial charge in [-0.3, -0.25) is 43.8 Å². The summed E-state index contributed by atoms with van der Waals surface area (Å²) in [6.45, 7) is 5.32. The fraction of sp³-hybridized carbons (Fsp3) is 0.429. The highest BCUT2D eigenvalue weighted by atomic mass is 16.5. The van der Waals surface area contributed by atoms with E-state index in [0.717, 1.165) is 79.6 Å². The van der Waals surface area contributed by atoms with E-state index >= 15 is 0 Å². The van der Waals surface area contributed by atoms with Crippen LogP contribution in [0.15, 0.2) is 61.2 Å². The van der Waals surface area contributed by atoms with Crippen LogP contribution in [0.3, 0.4) is 0 Å². The molecule has 2 aromatic carbocycles. The molecule has 300 valence electrons. The molecule has 0 spiro atoms. The number of ether oxygens (including phenoxy) is 1. The lowest BCUT2D eigenvalue weighted by atomic mass is 9.88. The number of nitrogens with zero attached hydrogens (tertiary/aromatic N) is 7. The number of amides is 5. The number of carbonyl (C=O) groups is 5. The first-order valence-corrected chi connectivity index (χ1v) is 20.2.